The molecule has 6 heteroatoms. The van der Waals surface area contributed by atoms with Gasteiger partial charge < -0.3 is 0 Å². The molecular weight excluding hydrogens is 613 g/mol. The molecule has 0 radical (unpaired) electrons. The van der Waals surface area contributed by atoms with Gasteiger partial charge in [0.05, 0.1) is 41.0 Å². The largest absolute Gasteiger partial charge is 0.257 e. The Kier molecular flexibility index (Phi) is 7.87. The Morgan fingerprint density at radius 2 is 0.960 bits per heavy atom. The van der Waals surface area contributed by atoms with Crippen LogP contribution in [0.25, 0.3) is 82.9 Å². The van der Waals surface area contributed by atoms with Gasteiger partial charge in [0.25, 0.3) is 0 Å². The van der Waals surface area contributed by atoms with Crippen LogP contribution in [-0.4, -0.2) is 19.9 Å². The van der Waals surface area contributed by atoms with Gasteiger partial charge in [-0.1, -0.05) is 97.1 Å². The predicted molar refractivity (Wildman–Crippen MR) is 199 cm³/mol. The molecule has 0 fully saturated rings. The molecule has 0 aliphatic heterocycles. The first kappa shape index (κ1) is 30.1. The number of hydrogen-bond acceptors (Lipinski definition) is 5. The Morgan fingerprint density at radius 3 is 1.44 bits per heavy atom. The van der Waals surface area contributed by atoms with E-state index < -0.39 is 0 Å². The summed E-state index contributed by atoms with van der Waals surface area (Å²) in [6, 6.07) is 46.7. The number of nitriles is 1. The van der Waals surface area contributed by atoms with Crippen LogP contribution in [-0.2, 0) is 0 Å². The fourth-order valence-corrected chi connectivity index (χ4v) is 6.48. The summed E-state index contributed by atoms with van der Waals surface area (Å²) in [7, 11) is 0. The molecule has 0 aliphatic rings. The van der Waals surface area contributed by atoms with Crippen molar-refractivity contribution < 1.29 is 0 Å². The van der Waals surface area contributed by atoms with Gasteiger partial charge in [-0.3, -0.25) is 19.9 Å². The van der Waals surface area contributed by atoms with E-state index in [4.69, 9.17) is 16.5 Å². The smallest absolute Gasteiger partial charge is 0.190 e. The monoisotopic (exact) mass is 638 g/mol. The van der Waals surface area contributed by atoms with Gasteiger partial charge in [0, 0.05) is 35.9 Å². The van der Waals surface area contributed by atoms with E-state index in [-0.39, 0.29) is 0 Å². The average molecular weight is 639 g/mol. The molecule has 0 bridgehead atoms. The molecule has 0 amide bonds. The SMILES string of the molecule is [C-]#[N+]c1ccnc(-c2ccc(-c3c(-c4ccccc4)c(-c4ccccc4)c(-c4ccc(-c5cc(C#N)ccn5)nc4)c4ccccc34)cn2)c1. The molecule has 4 aromatic heterocycles. The minimum Gasteiger partial charge on any atom is -0.257 e. The van der Waals surface area contributed by atoms with Crippen LogP contribution >= 0.6 is 0 Å². The lowest BCUT2D eigenvalue weighted by atomic mass is 9.79. The number of benzene rings is 4. The first-order valence-electron chi connectivity index (χ1n) is 16.0. The van der Waals surface area contributed by atoms with Crippen LogP contribution in [0, 0.1) is 17.9 Å². The van der Waals surface area contributed by atoms with Gasteiger partial charge in [0.1, 0.15) is 0 Å². The van der Waals surface area contributed by atoms with Crippen LogP contribution in [0.4, 0.5) is 5.69 Å². The van der Waals surface area contributed by atoms with Gasteiger partial charge in [-0.2, -0.15) is 5.26 Å². The van der Waals surface area contributed by atoms with Crippen LogP contribution < -0.4 is 0 Å². The Morgan fingerprint density at radius 1 is 0.460 bits per heavy atom. The van der Waals surface area contributed by atoms with Crippen molar-refractivity contribution in [2.24, 2.45) is 0 Å². The average Bonchev–Trinajstić information content (AvgIpc) is 3.20. The van der Waals surface area contributed by atoms with Crippen LogP contribution in [0.15, 0.2) is 158 Å². The van der Waals surface area contributed by atoms with Crippen molar-refractivity contribution >= 4 is 16.5 Å². The first-order valence-corrected chi connectivity index (χ1v) is 16.0. The van der Waals surface area contributed by atoms with Crippen LogP contribution in [0.5, 0.6) is 0 Å². The summed E-state index contributed by atoms with van der Waals surface area (Å²) in [6.07, 6.45) is 7.09. The third kappa shape index (κ3) is 5.54. The summed E-state index contributed by atoms with van der Waals surface area (Å²) in [6.45, 7) is 7.43. The lowest BCUT2D eigenvalue weighted by Crippen LogP contribution is -1.98. The van der Waals surface area contributed by atoms with Crippen molar-refractivity contribution in [2.75, 3.05) is 0 Å². The van der Waals surface area contributed by atoms with Gasteiger partial charge in [-0.05, 0) is 80.6 Å². The molecule has 0 spiro atoms. The van der Waals surface area contributed by atoms with E-state index in [0.29, 0.717) is 34.0 Å². The standard InChI is InChI=1S/C44H26N6/c1-46-34-21-23-48-40(25-34)38-19-17-33(28-50-38)42-36-15-9-8-14-35(36)41(32-16-18-37(49-27-32)39-24-29(26-45)20-22-47-39)43(30-10-4-2-5-11-30)44(42)31-12-6-3-7-13-31/h2-25,27-28H. The number of rotatable bonds is 6. The van der Waals surface area contributed by atoms with Crippen molar-refractivity contribution in [1.82, 2.24) is 19.9 Å². The third-order valence-corrected chi connectivity index (χ3v) is 8.73. The molecule has 4 aromatic carbocycles. The second kappa shape index (κ2) is 13.1. The lowest BCUT2D eigenvalue weighted by Gasteiger charge is -2.24. The van der Waals surface area contributed by atoms with Crippen LogP contribution in [0.3, 0.4) is 0 Å². The van der Waals surface area contributed by atoms with Gasteiger partial charge in [-0.25, -0.2) is 4.85 Å². The maximum atomic E-state index is 9.44. The fourth-order valence-electron chi connectivity index (χ4n) is 6.48. The summed E-state index contributed by atoms with van der Waals surface area (Å²) in [5.41, 5.74) is 12.1. The molecule has 0 saturated carbocycles. The molecule has 232 valence electrons. The van der Waals surface area contributed by atoms with Crippen LogP contribution in [0.1, 0.15) is 5.56 Å². The van der Waals surface area contributed by atoms with Crippen molar-refractivity contribution in [3.63, 3.8) is 0 Å². The minimum atomic E-state index is 0.524. The zero-order chi connectivity index (χ0) is 33.9. The minimum absolute atomic E-state index is 0.524. The highest BCUT2D eigenvalue weighted by Gasteiger charge is 2.24. The van der Waals surface area contributed by atoms with Crippen molar-refractivity contribution in [3.8, 4) is 73.4 Å². The molecule has 4 heterocycles. The second-order valence-corrected chi connectivity index (χ2v) is 11.7. The summed E-state index contributed by atoms with van der Waals surface area (Å²) >= 11 is 0. The van der Waals surface area contributed by atoms with E-state index in [1.54, 1.807) is 36.7 Å². The Labute approximate surface area is 289 Å². The molecule has 50 heavy (non-hydrogen) atoms. The molecule has 6 nitrogen and oxygen atoms in total. The Bertz CT molecular complexity index is 2400. The van der Waals surface area contributed by atoms with Gasteiger partial charge >= 0.3 is 0 Å². The number of fused-ring (bicyclic) bond motifs is 1. The van der Waals surface area contributed by atoms with E-state index in [1.807, 2.05) is 36.7 Å². The van der Waals surface area contributed by atoms with Crippen molar-refractivity contribution in [1.29, 1.82) is 5.26 Å². The summed E-state index contributed by atoms with van der Waals surface area (Å²) in [5.74, 6) is 0. The van der Waals surface area contributed by atoms with Crippen molar-refractivity contribution in [2.45, 2.75) is 0 Å². The predicted octanol–water partition coefficient (Wildman–Crippen LogP) is 10.8. The molecule has 8 aromatic rings. The van der Waals surface area contributed by atoms with E-state index >= 15 is 0 Å². The number of nitrogens with zero attached hydrogens (tertiary/aromatic N) is 6. The molecule has 0 N–H and O–H groups in total. The van der Waals surface area contributed by atoms with Gasteiger partial charge in [-0.15, -0.1) is 0 Å². The first-order chi connectivity index (χ1) is 24.7. The Hall–Kier alpha value is -7.28. The van der Waals surface area contributed by atoms with Crippen LogP contribution in [0.2, 0.25) is 0 Å². The zero-order valence-electron chi connectivity index (χ0n) is 26.7. The highest BCUT2D eigenvalue weighted by Crippen LogP contribution is 2.50. The fraction of sp³-hybridized carbons (Fsp3) is 0. The molecular formula is C44H26N6. The molecule has 0 aliphatic carbocycles. The molecule has 0 unspecified atom stereocenters. The van der Waals surface area contributed by atoms with E-state index in [0.717, 1.165) is 55.3 Å². The van der Waals surface area contributed by atoms with Gasteiger partial charge in [0.15, 0.2) is 5.69 Å². The third-order valence-electron chi connectivity index (χ3n) is 8.73. The maximum absolute atomic E-state index is 9.44. The number of hydrogen-bond donors (Lipinski definition) is 0. The summed E-state index contributed by atoms with van der Waals surface area (Å²) in [4.78, 5) is 22.3. The zero-order valence-corrected chi connectivity index (χ0v) is 26.7. The molecule has 8 rings (SSSR count). The highest BCUT2D eigenvalue weighted by molar-refractivity contribution is 6.18. The van der Waals surface area contributed by atoms with E-state index in [2.05, 4.69) is 106 Å². The second-order valence-electron chi connectivity index (χ2n) is 11.7. The van der Waals surface area contributed by atoms with Gasteiger partial charge in [0.2, 0.25) is 0 Å². The lowest BCUT2D eigenvalue weighted by molar-refractivity contribution is 1.24. The highest BCUT2D eigenvalue weighted by atomic mass is 14.8. The van der Waals surface area contributed by atoms with Crippen molar-refractivity contribution in [3.05, 3.63) is 175 Å². The maximum Gasteiger partial charge on any atom is 0.190 e. The van der Waals surface area contributed by atoms with E-state index in [9.17, 15) is 5.26 Å². The normalized spacial score (nSPS) is 10.8. The summed E-state index contributed by atoms with van der Waals surface area (Å²) < 4.78 is 0. The topological polar surface area (TPSA) is 79.7 Å². The number of pyridine rings is 4. The van der Waals surface area contributed by atoms with E-state index in [1.165, 1.54) is 0 Å². The number of aromatic nitrogens is 4. The molecule has 0 saturated heterocycles. The Balaban J connectivity index is 1.41. The summed E-state index contributed by atoms with van der Waals surface area (Å²) in [5, 5.41) is 11.6. The molecule has 0 atom stereocenters. The quantitative estimate of drug-likeness (QED) is 0.169.